The zero-order valence-corrected chi connectivity index (χ0v) is 33.9. The summed E-state index contributed by atoms with van der Waals surface area (Å²) in [5.41, 5.74) is 5.24. The molecule has 10 nitrogen and oxygen atoms in total. The third-order valence-corrected chi connectivity index (χ3v) is 9.78. The van der Waals surface area contributed by atoms with Gasteiger partial charge in [-0.15, -0.1) is 0 Å². The minimum absolute atomic E-state index is 0.367. The standard InChI is InChI=1S/C48H60N4O6/c1(5-9-29-53-35-47-37-57-47)3-7-11-31-55-45-25-13-39(14-26-45)33-49-41-17-21-43(22-18-41)51-52-44-23-19-42(20-24-44)50-34-40-15-27-46(28-16-40)56-32-12-8-4-2-6-10-30-54-36-48-38-58-48/h13-28,33-34,47-48H,1-12,29-32,35-38H2. The van der Waals surface area contributed by atoms with Crippen LogP contribution in [0.1, 0.15) is 88.2 Å². The Morgan fingerprint density at radius 1 is 0.414 bits per heavy atom. The predicted octanol–water partition coefficient (Wildman–Crippen LogP) is 11.9. The van der Waals surface area contributed by atoms with Gasteiger partial charge in [0.05, 0.1) is 62.4 Å². The Morgan fingerprint density at radius 2 is 0.741 bits per heavy atom. The number of epoxide rings is 2. The van der Waals surface area contributed by atoms with Crippen LogP contribution in [0.15, 0.2) is 117 Å². The van der Waals surface area contributed by atoms with Crippen molar-refractivity contribution in [3.05, 3.63) is 108 Å². The molecular weight excluding hydrogens is 729 g/mol. The quantitative estimate of drug-likeness (QED) is 0.0225. The molecule has 2 heterocycles. The van der Waals surface area contributed by atoms with Gasteiger partial charge in [-0.2, -0.15) is 10.2 Å². The number of nitrogens with zero attached hydrogens (tertiary/aromatic N) is 4. The minimum Gasteiger partial charge on any atom is -0.494 e. The van der Waals surface area contributed by atoms with Gasteiger partial charge in [0.2, 0.25) is 0 Å². The summed E-state index contributed by atoms with van der Waals surface area (Å²) < 4.78 is 33.4. The Kier molecular flexibility index (Phi) is 18.9. The molecule has 0 aromatic heterocycles. The summed E-state index contributed by atoms with van der Waals surface area (Å²) >= 11 is 0. The fraction of sp³-hybridized carbons (Fsp3) is 0.458. The van der Waals surface area contributed by atoms with E-state index < -0.39 is 0 Å². The van der Waals surface area contributed by atoms with E-state index in [0.717, 1.165) is 124 Å². The normalized spacial score (nSPS) is 16.1. The number of ether oxygens (including phenoxy) is 6. The molecule has 2 unspecified atom stereocenters. The largest absolute Gasteiger partial charge is 0.494 e. The predicted molar refractivity (Wildman–Crippen MR) is 232 cm³/mol. The van der Waals surface area contributed by atoms with E-state index in [-0.39, 0.29) is 0 Å². The van der Waals surface area contributed by atoms with E-state index in [4.69, 9.17) is 28.4 Å². The summed E-state index contributed by atoms with van der Waals surface area (Å²) in [6.45, 7) is 6.44. The molecule has 2 aliphatic rings. The van der Waals surface area contributed by atoms with Crippen LogP contribution >= 0.6 is 0 Å². The molecule has 2 atom stereocenters. The Morgan fingerprint density at radius 3 is 1.10 bits per heavy atom. The Balaban J connectivity index is 0.801. The highest BCUT2D eigenvalue weighted by atomic mass is 16.6. The monoisotopic (exact) mass is 788 g/mol. The lowest BCUT2D eigenvalue weighted by atomic mass is 10.1. The van der Waals surface area contributed by atoms with Crippen molar-refractivity contribution in [3.63, 3.8) is 0 Å². The second-order valence-corrected chi connectivity index (χ2v) is 14.9. The number of benzene rings is 4. The van der Waals surface area contributed by atoms with Crippen molar-refractivity contribution in [2.75, 3.05) is 52.9 Å². The lowest BCUT2D eigenvalue weighted by Gasteiger charge is -2.06. The second-order valence-electron chi connectivity index (χ2n) is 14.9. The number of azo groups is 1. The van der Waals surface area contributed by atoms with Crippen molar-refractivity contribution < 1.29 is 28.4 Å². The van der Waals surface area contributed by atoms with Crippen LogP contribution in [0.5, 0.6) is 11.5 Å². The Labute approximate surface area is 344 Å². The maximum atomic E-state index is 5.94. The first-order valence-electron chi connectivity index (χ1n) is 21.3. The summed E-state index contributed by atoms with van der Waals surface area (Å²) in [4.78, 5) is 9.23. The third kappa shape index (κ3) is 18.2. The van der Waals surface area contributed by atoms with Crippen LogP contribution in [-0.2, 0) is 18.9 Å². The highest BCUT2D eigenvalue weighted by Gasteiger charge is 2.22. The molecule has 0 amide bonds. The second kappa shape index (κ2) is 25.6. The highest BCUT2D eigenvalue weighted by Crippen LogP contribution is 2.24. The Bertz CT molecular complexity index is 1660. The molecule has 0 saturated carbocycles. The molecule has 6 rings (SSSR count). The van der Waals surface area contributed by atoms with Crippen molar-refractivity contribution in [2.45, 2.75) is 89.3 Å². The number of aliphatic imine (C=N–C) groups is 2. The molecule has 4 aromatic carbocycles. The van der Waals surface area contributed by atoms with Gasteiger partial charge in [0.15, 0.2) is 0 Å². The molecule has 0 radical (unpaired) electrons. The van der Waals surface area contributed by atoms with Crippen LogP contribution in [0.3, 0.4) is 0 Å². The van der Waals surface area contributed by atoms with E-state index >= 15 is 0 Å². The fourth-order valence-electron chi connectivity index (χ4n) is 6.09. The van der Waals surface area contributed by atoms with E-state index in [1.807, 2.05) is 109 Å². The fourth-order valence-corrected chi connectivity index (χ4v) is 6.09. The number of rotatable bonds is 30. The first-order valence-corrected chi connectivity index (χ1v) is 21.3. The van der Waals surface area contributed by atoms with Gasteiger partial charge in [-0.25, -0.2) is 0 Å². The van der Waals surface area contributed by atoms with Crippen LogP contribution in [0, 0.1) is 0 Å². The van der Waals surface area contributed by atoms with Crippen LogP contribution in [0.25, 0.3) is 0 Å². The summed E-state index contributed by atoms with van der Waals surface area (Å²) in [6, 6.07) is 31.5. The van der Waals surface area contributed by atoms with Gasteiger partial charge < -0.3 is 28.4 Å². The van der Waals surface area contributed by atoms with Crippen LogP contribution < -0.4 is 9.47 Å². The maximum Gasteiger partial charge on any atom is 0.119 e. The lowest BCUT2D eigenvalue weighted by molar-refractivity contribution is 0.113. The van der Waals surface area contributed by atoms with E-state index in [1.165, 1.54) is 51.4 Å². The molecule has 308 valence electrons. The smallest absolute Gasteiger partial charge is 0.119 e. The number of hydrogen-bond acceptors (Lipinski definition) is 10. The van der Waals surface area contributed by atoms with Gasteiger partial charge in [0.25, 0.3) is 0 Å². The van der Waals surface area contributed by atoms with E-state index in [0.29, 0.717) is 12.2 Å². The van der Waals surface area contributed by atoms with Crippen molar-refractivity contribution in [1.29, 1.82) is 0 Å². The Hall–Kier alpha value is -4.74. The molecule has 2 aliphatic heterocycles. The third-order valence-electron chi connectivity index (χ3n) is 9.78. The SMILES string of the molecule is C(=Nc1ccc(N=Nc2ccc(N=Cc3ccc(OCCCCCCCCOCC4CO4)cc3)cc2)cc1)c1ccc(OCCCCCCCCOCC2CO2)cc1. The minimum atomic E-state index is 0.367. The van der Waals surface area contributed by atoms with Gasteiger partial charge in [-0.1, -0.05) is 51.4 Å². The molecule has 0 aliphatic carbocycles. The maximum absolute atomic E-state index is 5.94. The van der Waals surface area contributed by atoms with Crippen LogP contribution in [-0.4, -0.2) is 77.5 Å². The molecule has 10 heteroatoms. The van der Waals surface area contributed by atoms with Crippen molar-refractivity contribution in [1.82, 2.24) is 0 Å². The summed E-state index contributed by atoms with van der Waals surface area (Å²) in [5.74, 6) is 1.78. The zero-order chi connectivity index (χ0) is 39.7. The highest BCUT2D eigenvalue weighted by molar-refractivity contribution is 5.82. The number of hydrogen-bond donors (Lipinski definition) is 0. The zero-order valence-electron chi connectivity index (χ0n) is 33.9. The van der Waals surface area contributed by atoms with Gasteiger partial charge in [-0.05, 0) is 134 Å². The van der Waals surface area contributed by atoms with Gasteiger partial charge in [0, 0.05) is 25.6 Å². The van der Waals surface area contributed by atoms with Crippen molar-refractivity contribution in [2.24, 2.45) is 20.2 Å². The first-order chi connectivity index (χ1) is 28.7. The van der Waals surface area contributed by atoms with Gasteiger partial charge in [-0.3, -0.25) is 9.98 Å². The molecular formula is C48H60N4O6. The van der Waals surface area contributed by atoms with E-state index in [9.17, 15) is 0 Å². The van der Waals surface area contributed by atoms with Crippen molar-refractivity contribution in [3.8, 4) is 11.5 Å². The topological polar surface area (TPSA) is 111 Å². The lowest BCUT2D eigenvalue weighted by Crippen LogP contribution is -2.02. The van der Waals surface area contributed by atoms with Crippen LogP contribution in [0.4, 0.5) is 22.7 Å². The number of unbranched alkanes of at least 4 members (excludes halogenated alkanes) is 10. The van der Waals surface area contributed by atoms with Crippen LogP contribution in [0.2, 0.25) is 0 Å². The molecule has 2 saturated heterocycles. The molecule has 0 bridgehead atoms. The molecule has 4 aromatic rings. The summed E-state index contributed by atoms with van der Waals surface area (Å²) in [5, 5.41) is 8.79. The van der Waals surface area contributed by atoms with E-state index in [1.54, 1.807) is 0 Å². The molecule has 0 N–H and O–H groups in total. The molecule has 0 spiro atoms. The van der Waals surface area contributed by atoms with Gasteiger partial charge >= 0.3 is 0 Å². The summed E-state index contributed by atoms with van der Waals surface area (Å²) in [6.07, 6.45) is 18.7. The average Bonchev–Trinajstić information content (AvgIpc) is 4.21. The van der Waals surface area contributed by atoms with Crippen molar-refractivity contribution >= 4 is 35.2 Å². The molecule has 58 heavy (non-hydrogen) atoms. The van der Waals surface area contributed by atoms with Gasteiger partial charge in [0.1, 0.15) is 23.7 Å². The average molecular weight is 789 g/mol. The first kappa shape index (κ1) is 42.9. The summed E-state index contributed by atoms with van der Waals surface area (Å²) in [7, 11) is 0. The van der Waals surface area contributed by atoms with E-state index in [2.05, 4.69) is 20.2 Å². The molecule has 2 fully saturated rings.